The third-order valence-corrected chi connectivity index (χ3v) is 5.50. The SMILES string of the molecule is CCOc1ccc(C2C(C#N)=C(N)Oc3n[nH]c(-c4ccc5c(c4)OCO5)c32)cc1OCC. The van der Waals surface area contributed by atoms with Crippen molar-refractivity contribution in [2.24, 2.45) is 5.73 Å². The van der Waals surface area contributed by atoms with Gasteiger partial charge in [-0.3, -0.25) is 5.10 Å². The van der Waals surface area contributed by atoms with Crippen molar-refractivity contribution in [1.29, 1.82) is 5.26 Å². The van der Waals surface area contributed by atoms with Gasteiger partial charge in [0.25, 0.3) is 0 Å². The zero-order chi connectivity index (χ0) is 22.9. The summed E-state index contributed by atoms with van der Waals surface area (Å²) in [5.74, 6) is 2.35. The van der Waals surface area contributed by atoms with Crippen molar-refractivity contribution in [3.63, 3.8) is 0 Å². The van der Waals surface area contributed by atoms with Gasteiger partial charge in [0, 0.05) is 5.56 Å². The summed E-state index contributed by atoms with van der Waals surface area (Å²) in [5, 5.41) is 17.3. The summed E-state index contributed by atoms with van der Waals surface area (Å²) in [5.41, 5.74) is 9.42. The number of hydrogen-bond acceptors (Lipinski definition) is 8. The van der Waals surface area contributed by atoms with E-state index in [1.807, 2.05) is 50.2 Å². The van der Waals surface area contributed by atoms with E-state index in [1.165, 1.54) is 0 Å². The first-order valence-corrected chi connectivity index (χ1v) is 10.6. The van der Waals surface area contributed by atoms with Crippen LogP contribution < -0.4 is 29.4 Å². The van der Waals surface area contributed by atoms with Crippen molar-refractivity contribution in [2.45, 2.75) is 19.8 Å². The number of benzene rings is 2. The second-order valence-electron chi connectivity index (χ2n) is 7.38. The molecule has 3 aromatic rings. The molecule has 0 aliphatic carbocycles. The van der Waals surface area contributed by atoms with Crippen molar-refractivity contribution in [3.8, 4) is 46.2 Å². The van der Waals surface area contributed by atoms with Gasteiger partial charge in [0.1, 0.15) is 11.6 Å². The normalized spacial score (nSPS) is 16.1. The molecule has 168 valence electrons. The molecular weight excluding hydrogens is 424 g/mol. The molecule has 33 heavy (non-hydrogen) atoms. The molecular formula is C24H22N4O5. The van der Waals surface area contributed by atoms with Crippen LogP contribution in [0, 0.1) is 11.3 Å². The van der Waals surface area contributed by atoms with Crippen LogP contribution in [0.15, 0.2) is 47.9 Å². The summed E-state index contributed by atoms with van der Waals surface area (Å²) in [6.45, 7) is 4.97. The number of aromatic nitrogens is 2. The van der Waals surface area contributed by atoms with Crippen LogP contribution in [-0.2, 0) is 0 Å². The van der Waals surface area contributed by atoms with Crippen molar-refractivity contribution in [1.82, 2.24) is 10.2 Å². The predicted octanol–water partition coefficient (Wildman–Crippen LogP) is 3.82. The molecule has 3 heterocycles. The van der Waals surface area contributed by atoms with Gasteiger partial charge in [-0.05, 0) is 49.7 Å². The highest BCUT2D eigenvalue weighted by Gasteiger charge is 2.36. The van der Waals surface area contributed by atoms with Crippen LogP contribution in [0.1, 0.15) is 30.9 Å². The zero-order valence-electron chi connectivity index (χ0n) is 18.2. The van der Waals surface area contributed by atoms with Crippen LogP contribution in [0.2, 0.25) is 0 Å². The predicted molar refractivity (Wildman–Crippen MR) is 118 cm³/mol. The Morgan fingerprint density at radius 2 is 1.88 bits per heavy atom. The summed E-state index contributed by atoms with van der Waals surface area (Å²) in [6.07, 6.45) is 0. The Balaban J connectivity index is 1.67. The first kappa shape index (κ1) is 20.6. The Labute approximate surface area is 190 Å². The molecule has 0 saturated carbocycles. The average molecular weight is 446 g/mol. The third kappa shape index (κ3) is 3.46. The summed E-state index contributed by atoms with van der Waals surface area (Å²) >= 11 is 0. The van der Waals surface area contributed by atoms with Crippen molar-refractivity contribution < 1.29 is 23.7 Å². The molecule has 5 rings (SSSR count). The zero-order valence-corrected chi connectivity index (χ0v) is 18.2. The van der Waals surface area contributed by atoms with Gasteiger partial charge in [-0.2, -0.15) is 5.26 Å². The number of fused-ring (bicyclic) bond motifs is 2. The maximum atomic E-state index is 9.97. The number of H-pyrrole nitrogens is 1. The second-order valence-corrected chi connectivity index (χ2v) is 7.38. The number of nitrogens with one attached hydrogen (secondary N) is 1. The molecule has 2 aliphatic heterocycles. The molecule has 0 bridgehead atoms. The Hall–Kier alpha value is -4.32. The molecule has 0 saturated heterocycles. The molecule has 2 aliphatic rings. The minimum atomic E-state index is -0.521. The van der Waals surface area contributed by atoms with Gasteiger partial charge in [0.2, 0.25) is 18.6 Å². The maximum absolute atomic E-state index is 9.97. The van der Waals surface area contributed by atoms with E-state index in [-0.39, 0.29) is 18.2 Å². The number of ether oxygens (including phenoxy) is 5. The van der Waals surface area contributed by atoms with E-state index in [4.69, 9.17) is 29.4 Å². The van der Waals surface area contributed by atoms with Crippen LogP contribution in [0.5, 0.6) is 28.9 Å². The van der Waals surface area contributed by atoms with Crippen LogP contribution in [0.3, 0.4) is 0 Å². The number of aromatic amines is 1. The fourth-order valence-electron chi connectivity index (χ4n) is 4.10. The van der Waals surface area contributed by atoms with Gasteiger partial charge in [-0.25, -0.2) is 0 Å². The first-order chi connectivity index (χ1) is 16.1. The maximum Gasteiger partial charge on any atom is 0.244 e. The lowest BCUT2D eigenvalue weighted by atomic mass is 9.83. The molecule has 9 nitrogen and oxygen atoms in total. The average Bonchev–Trinajstić information content (AvgIpc) is 3.46. The van der Waals surface area contributed by atoms with Crippen molar-refractivity contribution in [3.05, 3.63) is 59.0 Å². The summed E-state index contributed by atoms with van der Waals surface area (Å²) < 4.78 is 28.2. The van der Waals surface area contributed by atoms with E-state index in [1.54, 1.807) is 0 Å². The van der Waals surface area contributed by atoms with E-state index in [0.717, 1.165) is 11.1 Å². The number of hydrogen-bond donors (Lipinski definition) is 2. The minimum absolute atomic E-state index is 0.0191. The van der Waals surface area contributed by atoms with Crippen LogP contribution >= 0.6 is 0 Å². The standard InChI is InChI=1S/C24H22N4O5/c1-3-29-16-7-5-13(9-18(16)30-4-2)20-15(11-25)23(26)33-24-21(20)22(27-28-24)14-6-8-17-19(10-14)32-12-31-17/h5-10,20H,3-4,12,26H2,1-2H3,(H,27,28). The summed E-state index contributed by atoms with van der Waals surface area (Å²) in [6, 6.07) is 13.4. The van der Waals surface area contributed by atoms with E-state index in [9.17, 15) is 5.26 Å². The van der Waals surface area contributed by atoms with Gasteiger partial charge in [0.05, 0.1) is 30.4 Å². The first-order valence-electron chi connectivity index (χ1n) is 10.6. The highest BCUT2D eigenvalue weighted by atomic mass is 16.7. The quantitative estimate of drug-likeness (QED) is 0.585. The van der Waals surface area contributed by atoms with Gasteiger partial charge >= 0.3 is 0 Å². The highest BCUT2D eigenvalue weighted by Crippen LogP contribution is 2.48. The van der Waals surface area contributed by atoms with Crippen LogP contribution in [-0.4, -0.2) is 30.2 Å². The molecule has 3 N–H and O–H groups in total. The Morgan fingerprint density at radius 1 is 1.09 bits per heavy atom. The molecule has 0 spiro atoms. The number of nitrogens with two attached hydrogens (primary N) is 1. The number of nitriles is 1. The molecule has 1 unspecified atom stereocenters. The van der Waals surface area contributed by atoms with Gasteiger partial charge in [-0.15, -0.1) is 5.10 Å². The third-order valence-electron chi connectivity index (χ3n) is 5.50. The fraction of sp³-hybridized carbons (Fsp3) is 0.250. The highest BCUT2D eigenvalue weighted by molar-refractivity contribution is 5.73. The number of allylic oxidation sites excluding steroid dienone is 1. The van der Waals surface area contributed by atoms with E-state index >= 15 is 0 Å². The molecule has 1 aromatic heterocycles. The Bertz CT molecular complexity index is 1290. The fourth-order valence-corrected chi connectivity index (χ4v) is 4.10. The molecule has 0 amide bonds. The number of rotatable bonds is 6. The van der Waals surface area contributed by atoms with Gasteiger partial charge in [-0.1, -0.05) is 6.07 Å². The minimum Gasteiger partial charge on any atom is -0.490 e. The van der Waals surface area contributed by atoms with E-state index < -0.39 is 5.92 Å². The molecule has 9 heteroatoms. The van der Waals surface area contributed by atoms with Gasteiger partial charge < -0.3 is 29.4 Å². The Kier molecular flexibility index (Phi) is 5.18. The molecule has 0 fully saturated rings. The monoisotopic (exact) mass is 446 g/mol. The van der Waals surface area contributed by atoms with Crippen LogP contribution in [0.4, 0.5) is 0 Å². The largest absolute Gasteiger partial charge is 0.490 e. The van der Waals surface area contributed by atoms with E-state index in [2.05, 4.69) is 16.3 Å². The molecule has 0 radical (unpaired) electrons. The molecule has 1 atom stereocenters. The lowest BCUT2D eigenvalue weighted by Gasteiger charge is -2.25. The van der Waals surface area contributed by atoms with Crippen LogP contribution in [0.25, 0.3) is 11.3 Å². The van der Waals surface area contributed by atoms with E-state index in [0.29, 0.717) is 53.3 Å². The lowest BCUT2D eigenvalue weighted by Crippen LogP contribution is -2.21. The molecule has 2 aromatic carbocycles. The Morgan fingerprint density at radius 3 is 2.67 bits per heavy atom. The smallest absolute Gasteiger partial charge is 0.244 e. The summed E-state index contributed by atoms with van der Waals surface area (Å²) in [4.78, 5) is 0. The lowest BCUT2D eigenvalue weighted by molar-refractivity contribution is 0.174. The number of nitrogens with zero attached hydrogens (tertiary/aromatic N) is 2. The van der Waals surface area contributed by atoms with Crippen molar-refractivity contribution >= 4 is 0 Å². The topological polar surface area (TPSA) is 125 Å². The second kappa shape index (κ2) is 8.31. The van der Waals surface area contributed by atoms with Gasteiger partial charge in [0.15, 0.2) is 23.0 Å². The summed E-state index contributed by atoms with van der Waals surface area (Å²) in [7, 11) is 0. The van der Waals surface area contributed by atoms with Crippen molar-refractivity contribution in [2.75, 3.05) is 20.0 Å².